The second-order valence-electron chi connectivity index (χ2n) is 3.37. The quantitative estimate of drug-likeness (QED) is 0.832. The summed E-state index contributed by atoms with van der Waals surface area (Å²) in [7, 11) is 0. The zero-order valence-electron chi connectivity index (χ0n) is 9.14. The van der Waals surface area contributed by atoms with Crippen LogP contribution in [0.5, 0.6) is 0 Å². The van der Waals surface area contributed by atoms with E-state index in [-0.39, 0.29) is 6.61 Å². The van der Waals surface area contributed by atoms with Gasteiger partial charge >= 0.3 is 0 Å². The molecule has 17 heavy (non-hydrogen) atoms. The summed E-state index contributed by atoms with van der Waals surface area (Å²) >= 11 is 7.31. The molecule has 0 saturated heterocycles. The Bertz CT molecular complexity index is 497. The van der Waals surface area contributed by atoms with Crippen molar-refractivity contribution in [2.45, 2.75) is 20.1 Å². The van der Waals surface area contributed by atoms with E-state index in [0.29, 0.717) is 29.0 Å². The molecule has 0 atom stereocenters. The normalized spacial score (nSPS) is 10.5. The lowest BCUT2D eigenvalue weighted by atomic mass is 10.5. The zero-order valence-corrected chi connectivity index (χ0v) is 10.7. The van der Waals surface area contributed by atoms with Gasteiger partial charge in [-0.3, -0.25) is 0 Å². The largest absolute Gasteiger partial charge is 0.390 e. The highest BCUT2D eigenvalue weighted by molar-refractivity contribution is 7.09. The van der Waals surface area contributed by atoms with Gasteiger partial charge in [0.1, 0.15) is 21.8 Å². The van der Waals surface area contributed by atoms with E-state index in [1.165, 1.54) is 11.3 Å². The van der Waals surface area contributed by atoms with Crippen LogP contribution < -0.4 is 5.32 Å². The van der Waals surface area contributed by atoms with Crippen molar-refractivity contribution in [1.82, 2.24) is 15.0 Å². The van der Waals surface area contributed by atoms with Crippen molar-refractivity contribution in [3.8, 4) is 0 Å². The van der Waals surface area contributed by atoms with Crippen molar-refractivity contribution in [1.29, 1.82) is 0 Å². The zero-order chi connectivity index (χ0) is 12.3. The van der Waals surface area contributed by atoms with Crippen molar-refractivity contribution in [3.05, 3.63) is 33.1 Å². The number of thiazole rings is 1. The Kier molecular flexibility index (Phi) is 3.88. The Balaban J connectivity index is 2.01. The number of anilines is 1. The van der Waals surface area contributed by atoms with E-state index >= 15 is 0 Å². The Morgan fingerprint density at radius 1 is 1.41 bits per heavy atom. The van der Waals surface area contributed by atoms with Gasteiger partial charge in [-0.25, -0.2) is 15.0 Å². The monoisotopic (exact) mass is 270 g/mol. The van der Waals surface area contributed by atoms with Gasteiger partial charge in [0.2, 0.25) is 0 Å². The Labute approximate surface area is 108 Å². The molecule has 2 rings (SSSR count). The first-order valence-electron chi connectivity index (χ1n) is 4.96. The van der Waals surface area contributed by atoms with Crippen LogP contribution in [0.1, 0.15) is 16.5 Å². The van der Waals surface area contributed by atoms with E-state index in [1.807, 2.05) is 5.38 Å². The van der Waals surface area contributed by atoms with E-state index in [4.69, 9.17) is 16.7 Å². The summed E-state index contributed by atoms with van der Waals surface area (Å²) in [6.45, 7) is 2.30. The molecule has 2 N–H and O–H groups in total. The third-order valence-corrected chi connectivity index (χ3v) is 3.08. The van der Waals surface area contributed by atoms with Gasteiger partial charge in [0.15, 0.2) is 0 Å². The molecule has 5 nitrogen and oxygen atoms in total. The predicted octanol–water partition coefficient (Wildman–Crippen LogP) is 2.00. The van der Waals surface area contributed by atoms with Crippen LogP contribution in [-0.2, 0) is 13.2 Å². The number of aliphatic hydroxyl groups excluding tert-OH is 1. The number of aryl methyl sites for hydroxylation is 1. The fraction of sp³-hybridized carbons (Fsp3) is 0.300. The van der Waals surface area contributed by atoms with E-state index in [2.05, 4.69) is 20.3 Å². The summed E-state index contributed by atoms with van der Waals surface area (Å²) in [5, 5.41) is 15.1. The second kappa shape index (κ2) is 5.39. The molecule has 2 aromatic heterocycles. The average molecular weight is 271 g/mol. The van der Waals surface area contributed by atoms with Crippen molar-refractivity contribution >= 4 is 28.8 Å². The van der Waals surface area contributed by atoms with E-state index < -0.39 is 0 Å². The molecule has 2 aromatic rings. The maximum atomic E-state index is 8.89. The fourth-order valence-corrected chi connectivity index (χ4v) is 2.24. The molecule has 0 aromatic carbocycles. The Morgan fingerprint density at radius 3 is 2.88 bits per heavy atom. The van der Waals surface area contributed by atoms with Crippen LogP contribution >= 0.6 is 22.9 Å². The van der Waals surface area contributed by atoms with E-state index in [9.17, 15) is 0 Å². The summed E-state index contributed by atoms with van der Waals surface area (Å²) in [6, 6.07) is 1.66. The molecule has 0 aliphatic carbocycles. The molecule has 90 valence electrons. The predicted molar refractivity (Wildman–Crippen MR) is 67.1 cm³/mol. The Morgan fingerprint density at radius 2 is 2.24 bits per heavy atom. The van der Waals surface area contributed by atoms with Crippen molar-refractivity contribution in [2.24, 2.45) is 0 Å². The maximum absolute atomic E-state index is 8.89. The Hall–Kier alpha value is -1.24. The van der Waals surface area contributed by atoms with Gasteiger partial charge in [-0.1, -0.05) is 11.6 Å². The summed E-state index contributed by atoms with van der Waals surface area (Å²) in [5.41, 5.74) is 0.684. The highest BCUT2D eigenvalue weighted by atomic mass is 35.5. The molecule has 0 spiro atoms. The van der Waals surface area contributed by atoms with Crippen LogP contribution in [0.2, 0.25) is 5.15 Å². The van der Waals surface area contributed by atoms with Gasteiger partial charge in [-0.15, -0.1) is 11.3 Å². The first-order valence-corrected chi connectivity index (χ1v) is 6.22. The minimum absolute atomic E-state index is 0.0328. The van der Waals surface area contributed by atoms with Crippen LogP contribution in [0.4, 0.5) is 5.82 Å². The average Bonchev–Trinajstić information content (AvgIpc) is 2.73. The molecule has 0 radical (unpaired) electrons. The minimum atomic E-state index is -0.0328. The summed E-state index contributed by atoms with van der Waals surface area (Å²) in [5.74, 6) is 1.29. The summed E-state index contributed by atoms with van der Waals surface area (Å²) in [6.07, 6.45) is 0. The molecule has 0 aliphatic heterocycles. The van der Waals surface area contributed by atoms with E-state index in [1.54, 1.807) is 13.0 Å². The lowest BCUT2D eigenvalue weighted by Crippen LogP contribution is -2.03. The molecule has 0 fully saturated rings. The lowest BCUT2D eigenvalue weighted by molar-refractivity contribution is 0.277. The summed E-state index contributed by atoms with van der Waals surface area (Å²) in [4.78, 5) is 12.4. The van der Waals surface area contributed by atoms with Crippen molar-refractivity contribution in [2.75, 3.05) is 5.32 Å². The number of hydrogen-bond donors (Lipinski definition) is 2. The minimum Gasteiger partial charge on any atom is -0.390 e. The van der Waals surface area contributed by atoms with Crippen molar-refractivity contribution < 1.29 is 5.11 Å². The SMILES string of the molecule is Cc1nc(Cl)cc(NCc2nc(CO)cs2)n1. The fourth-order valence-electron chi connectivity index (χ4n) is 1.29. The van der Waals surface area contributed by atoms with Crippen LogP contribution in [0.15, 0.2) is 11.4 Å². The third-order valence-electron chi connectivity index (χ3n) is 1.99. The van der Waals surface area contributed by atoms with Gasteiger partial charge in [0.25, 0.3) is 0 Å². The smallest absolute Gasteiger partial charge is 0.134 e. The van der Waals surface area contributed by atoms with Gasteiger partial charge in [-0.05, 0) is 6.92 Å². The highest BCUT2D eigenvalue weighted by Gasteiger charge is 2.03. The number of nitrogens with zero attached hydrogens (tertiary/aromatic N) is 3. The topological polar surface area (TPSA) is 70.9 Å². The highest BCUT2D eigenvalue weighted by Crippen LogP contribution is 2.14. The molecule has 0 bridgehead atoms. The van der Waals surface area contributed by atoms with Gasteiger partial charge in [-0.2, -0.15) is 0 Å². The summed E-state index contributed by atoms with van der Waals surface area (Å²) < 4.78 is 0. The number of hydrogen-bond acceptors (Lipinski definition) is 6. The number of aliphatic hydroxyl groups is 1. The molecular formula is C10H11ClN4OS. The maximum Gasteiger partial charge on any atom is 0.134 e. The molecule has 0 amide bonds. The first kappa shape index (κ1) is 12.2. The number of halogens is 1. The van der Waals surface area contributed by atoms with Gasteiger partial charge < -0.3 is 10.4 Å². The van der Waals surface area contributed by atoms with Gasteiger partial charge in [0, 0.05) is 11.4 Å². The lowest BCUT2D eigenvalue weighted by Gasteiger charge is -2.04. The second-order valence-corrected chi connectivity index (χ2v) is 4.70. The standard InChI is InChI=1S/C10H11ClN4OS/c1-6-13-8(11)2-9(14-6)12-3-10-15-7(4-16)5-17-10/h2,5,16H,3-4H2,1H3,(H,12,13,14). The number of aromatic nitrogens is 3. The molecule has 2 heterocycles. The molecule has 0 unspecified atom stereocenters. The van der Waals surface area contributed by atoms with Crippen LogP contribution in [-0.4, -0.2) is 20.1 Å². The van der Waals surface area contributed by atoms with E-state index in [0.717, 1.165) is 5.01 Å². The van der Waals surface area contributed by atoms with Crippen LogP contribution in [0.25, 0.3) is 0 Å². The third kappa shape index (κ3) is 3.36. The van der Waals surface area contributed by atoms with Crippen LogP contribution in [0.3, 0.4) is 0 Å². The first-order chi connectivity index (χ1) is 8.17. The number of nitrogens with one attached hydrogen (secondary N) is 1. The van der Waals surface area contributed by atoms with Gasteiger partial charge in [0.05, 0.1) is 18.8 Å². The molecule has 0 aliphatic rings. The molecule has 0 saturated carbocycles. The van der Waals surface area contributed by atoms with Crippen LogP contribution in [0, 0.1) is 6.92 Å². The van der Waals surface area contributed by atoms with Crippen molar-refractivity contribution in [3.63, 3.8) is 0 Å². The molecular weight excluding hydrogens is 260 g/mol. The molecule has 7 heteroatoms. The number of rotatable bonds is 4.